The van der Waals surface area contributed by atoms with Crippen molar-refractivity contribution in [3.63, 3.8) is 0 Å². The molecule has 1 aromatic rings. The summed E-state index contributed by atoms with van der Waals surface area (Å²) in [6, 6.07) is 10.2. The van der Waals surface area contributed by atoms with Crippen LogP contribution >= 0.6 is 0 Å². The molecular formula is C16H20O3. The molecule has 0 heterocycles. The average molecular weight is 260 g/mol. The first-order valence-corrected chi connectivity index (χ1v) is 6.81. The molecule has 0 radical (unpaired) electrons. The van der Waals surface area contributed by atoms with Gasteiger partial charge in [-0.15, -0.1) is 0 Å². The Morgan fingerprint density at radius 3 is 2.74 bits per heavy atom. The molecule has 0 saturated heterocycles. The van der Waals surface area contributed by atoms with Gasteiger partial charge >= 0.3 is 0 Å². The van der Waals surface area contributed by atoms with Crippen LogP contribution in [0.2, 0.25) is 0 Å². The van der Waals surface area contributed by atoms with Gasteiger partial charge in [0.05, 0.1) is 12.5 Å². The number of ketones is 2. The Kier molecular flexibility index (Phi) is 4.86. The van der Waals surface area contributed by atoms with Gasteiger partial charge in [-0.2, -0.15) is 0 Å². The minimum absolute atomic E-state index is 0.0347. The van der Waals surface area contributed by atoms with Crippen LogP contribution in [0.1, 0.15) is 37.2 Å². The van der Waals surface area contributed by atoms with Crippen LogP contribution in [-0.2, 0) is 14.3 Å². The maximum absolute atomic E-state index is 12.0. The summed E-state index contributed by atoms with van der Waals surface area (Å²) in [5, 5.41) is 0. The minimum atomic E-state index is -0.422. The van der Waals surface area contributed by atoms with E-state index in [-0.39, 0.29) is 11.6 Å². The SMILES string of the molecule is COCCC(=O)C1CC(c2ccccc2)CCC1=O. The van der Waals surface area contributed by atoms with Crippen LogP contribution in [-0.4, -0.2) is 25.3 Å². The van der Waals surface area contributed by atoms with E-state index in [1.165, 1.54) is 5.56 Å². The molecule has 3 heteroatoms. The molecule has 0 spiro atoms. The number of ether oxygens (including phenoxy) is 1. The standard InChI is InChI=1S/C16H20O3/c1-19-10-9-16(18)14-11-13(7-8-15(14)17)12-5-3-2-4-6-12/h2-6,13-14H,7-11H2,1H3. The van der Waals surface area contributed by atoms with E-state index in [0.717, 1.165) is 6.42 Å². The summed E-state index contributed by atoms with van der Waals surface area (Å²) in [4.78, 5) is 24.0. The topological polar surface area (TPSA) is 43.4 Å². The number of hydrogen-bond donors (Lipinski definition) is 0. The zero-order chi connectivity index (χ0) is 13.7. The van der Waals surface area contributed by atoms with Crippen molar-refractivity contribution in [1.82, 2.24) is 0 Å². The molecule has 0 amide bonds. The molecule has 102 valence electrons. The van der Waals surface area contributed by atoms with Crippen molar-refractivity contribution < 1.29 is 14.3 Å². The largest absolute Gasteiger partial charge is 0.384 e. The van der Waals surface area contributed by atoms with Crippen LogP contribution in [0.5, 0.6) is 0 Å². The molecule has 0 N–H and O–H groups in total. The van der Waals surface area contributed by atoms with E-state index in [1.807, 2.05) is 18.2 Å². The lowest BCUT2D eigenvalue weighted by atomic mass is 9.75. The van der Waals surface area contributed by atoms with Crippen LogP contribution in [0.25, 0.3) is 0 Å². The van der Waals surface area contributed by atoms with Gasteiger partial charge in [-0.1, -0.05) is 30.3 Å². The van der Waals surface area contributed by atoms with Crippen molar-refractivity contribution in [2.75, 3.05) is 13.7 Å². The zero-order valence-electron chi connectivity index (χ0n) is 11.3. The van der Waals surface area contributed by atoms with E-state index in [4.69, 9.17) is 4.74 Å². The van der Waals surface area contributed by atoms with Gasteiger partial charge in [0.25, 0.3) is 0 Å². The first-order chi connectivity index (χ1) is 9.22. The van der Waals surface area contributed by atoms with Gasteiger partial charge in [0, 0.05) is 20.0 Å². The highest BCUT2D eigenvalue weighted by Gasteiger charge is 2.33. The van der Waals surface area contributed by atoms with Gasteiger partial charge in [-0.05, 0) is 24.3 Å². The number of carbonyl (C=O) groups excluding carboxylic acids is 2. The van der Waals surface area contributed by atoms with Crippen molar-refractivity contribution >= 4 is 11.6 Å². The number of hydrogen-bond acceptors (Lipinski definition) is 3. The van der Waals surface area contributed by atoms with Gasteiger partial charge in [-0.25, -0.2) is 0 Å². The second-order valence-corrected chi connectivity index (χ2v) is 5.11. The fourth-order valence-corrected chi connectivity index (χ4v) is 2.74. The van der Waals surface area contributed by atoms with Crippen molar-refractivity contribution in [3.05, 3.63) is 35.9 Å². The van der Waals surface area contributed by atoms with Crippen LogP contribution in [0.15, 0.2) is 30.3 Å². The Morgan fingerprint density at radius 1 is 1.32 bits per heavy atom. The summed E-state index contributed by atoms with van der Waals surface area (Å²) in [6.45, 7) is 0.401. The van der Waals surface area contributed by atoms with Gasteiger partial charge in [0.2, 0.25) is 0 Å². The third-order valence-electron chi connectivity index (χ3n) is 3.86. The van der Waals surface area contributed by atoms with E-state index in [2.05, 4.69) is 12.1 Å². The Bertz CT molecular complexity index is 439. The molecule has 3 nitrogen and oxygen atoms in total. The number of carbonyl (C=O) groups is 2. The van der Waals surface area contributed by atoms with Crippen LogP contribution in [0.3, 0.4) is 0 Å². The second kappa shape index (κ2) is 6.62. The first kappa shape index (κ1) is 13.9. The minimum Gasteiger partial charge on any atom is -0.384 e. The number of benzene rings is 1. The Morgan fingerprint density at radius 2 is 2.05 bits per heavy atom. The van der Waals surface area contributed by atoms with E-state index in [0.29, 0.717) is 31.8 Å². The third kappa shape index (κ3) is 3.51. The predicted molar refractivity (Wildman–Crippen MR) is 73.0 cm³/mol. The summed E-state index contributed by atoms with van der Waals surface area (Å²) >= 11 is 0. The van der Waals surface area contributed by atoms with Crippen LogP contribution < -0.4 is 0 Å². The van der Waals surface area contributed by atoms with Gasteiger partial charge in [0.15, 0.2) is 0 Å². The highest BCUT2D eigenvalue weighted by molar-refractivity contribution is 6.03. The van der Waals surface area contributed by atoms with Crippen molar-refractivity contribution in [2.24, 2.45) is 5.92 Å². The summed E-state index contributed by atoms with van der Waals surface area (Å²) in [6.07, 6.45) is 2.37. The molecule has 0 aromatic heterocycles. The lowest BCUT2D eigenvalue weighted by Crippen LogP contribution is -2.31. The Labute approximate surface area is 114 Å². The molecule has 1 aromatic carbocycles. The summed E-state index contributed by atoms with van der Waals surface area (Å²) in [5.41, 5.74) is 1.24. The van der Waals surface area contributed by atoms with Crippen molar-refractivity contribution in [1.29, 1.82) is 0 Å². The van der Waals surface area contributed by atoms with E-state index in [1.54, 1.807) is 7.11 Å². The molecule has 1 fully saturated rings. The number of methoxy groups -OCH3 is 1. The molecule has 2 rings (SSSR count). The van der Waals surface area contributed by atoms with Gasteiger partial charge in [-0.3, -0.25) is 9.59 Å². The van der Waals surface area contributed by atoms with E-state index >= 15 is 0 Å². The summed E-state index contributed by atoms with van der Waals surface area (Å²) in [5.74, 6) is 0.0465. The Hall–Kier alpha value is -1.48. The van der Waals surface area contributed by atoms with Gasteiger partial charge in [0.1, 0.15) is 11.6 Å². The normalized spacial score (nSPS) is 23.3. The highest BCUT2D eigenvalue weighted by atomic mass is 16.5. The molecule has 19 heavy (non-hydrogen) atoms. The molecule has 0 bridgehead atoms. The van der Waals surface area contributed by atoms with Crippen molar-refractivity contribution in [3.8, 4) is 0 Å². The van der Waals surface area contributed by atoms with Gasteiger partial charge < -0.3 is 4.74 Å². The average Bonchev–Trinajstić information content (AvgIpc) is 2.46. The maximum atomic E-state index is 12.0. The van der Waals surface area contributed by atoms with E-state index in [9.17, 15) is 9.59 Å². The number of rotatable bonds is 5. The predicted octanol–water partition coefficient (Wildman–Crippen LogP) is 2.75. The lowest BCUT2D eigenvalue weighted by molar-refractivity contribution is -0.135. The smallest absolute Gasteiger partial charge is 0.145 e. The van der Waals surface area contributed by atoms with Crippen LogP contribution in [0.4, 0.5) is 0 Å². The molecule has 2 atom stereocenters. The monoisotopic (exact) mass is 260 g/mol. The molecule has 1 aliphatic rings. The lowest BCUT2D eigenvalue weighted by Gasteiger charge is -2.27. The fraction of sp³-hybridized carbons (Fsp3) is 0.500. The number of Topliss-reactive ketones (excluding diaryl/α,β-unsaturated/α-hetero) is 2. The quantitative estimate of drug-likeness (QED) is 0.765. The summed E-state index contributed by atoms with van der Waals surface area (Å²) in [7, 11) is 1.57. The van der Waals surface area contributed by atoms with Crippen LogP contribution in [0, 0.1) is 5.92 Å². The Balaban J connectivity index is 2.04. The second-order valence-electron chi connectivity index (χ2n) is 5.11. The molecule has 0 aliphatic heterocycles. The fourth-order valence-electron chi connectivity index (χ4n) is 2.74. The zero-order valence-corrected chi connectivity index (χ0v) is 11.3. The van der Waals surface area contributed by atoms with E-state index < -0.39 is 5.92 Å². The van der Waals surface area contributed by atoms with Crippen molar-refractivity contribution in [2.45, 2.75) is 31.6 Å². The first-order valence-electron chi connectivity index (χ1n) is 6.81. The molecule has 2 unspecified atom stereocenters. The molecule has 1 saturated carbocycles. The third-order valence-corrected chi connectivity index (χ3v) is 3.86. The maximum Gasteiger partial charge on any atom is 0.145 e. The summed E-state index contributed by atoms with van der Waals surface area (Å²) < 4.78 is 4.92. The highest BCUT2D eigenvalue weighted by Crippen LogP contribution is 2.35. The molecule has 1 aliphatic carbocycles. The molecular weight excluding hydrogens is 240 g/mol.